The van der Waals surface area contributed by atoms with Gasteiger partial charge in [-0.2, -0.15) is 0 Å². The highest BCUT2D eigenvalue weighted by atomic mass is 35.5. The van der Waals surface area contributed by atoms with Gasteiger partial charge in [0.25, 0.3) is 0 Å². The van der Waals surface area contributed by atoms with Crippen molar-refractivity contribution in [3.05, 3.63) is 81.0 Å². The van der Waals surface area contributed by atoms with Crippen LogP contribution in [0, 0.1) is 0 Å². The molecular formula is C27H27ClN2O2S. The summed E-state index contributed by atoms with van der Waals surface area (Å²) in [6.45, 7) is 3.37. The lowest BCUT2D eigenvalue weighted by Gasteiger charge is -2.18. The number of likely N-dealkylation sites (tertiary alicyclic amines) is 1. The zero-order valence-corrected chi connectivity index (χ0v) is 20.1. The maximum Gasteiger partial charge on any atom is 0.172 e. The Bertz CT molecular complexity index is 1170. The minimum atomic E-state index is -0.0644. The van der Waals surface area contributed by atoms with Crippen LogP contribution in [-0.2, 0) is 11.4 Å². The van der Waals surface area contributed by atoms with Crippen molar-refractivity contribution in [2.45, 2.75) is 44.8 Å². The van der Waals surface area contributed by atoms with Gasteiger partial charge in [0.1, 0.15) is 6.10 Å². The maximum absolute atomic E-state index is 12.4. The monoisotopic (exact) mass is 478 g/mol. The van der Waals surface area contributed by atoms with Gasteiger partial charge in [0.05, 0.1) is 14.9 Å². The van der Waals surface area contributed by atoms with E-state index in [1.165, 1.54) is 54.0 Å². The van der Waals surface area contributed by atoms with E-state index in [-0.39, 0.29) is 11.9 Å². The summed E-state index contributed by atoms with van der Waals surface area (Å²) in [5.41, 5.74) is 5.89. The van der Waals surface area contributed by atoms with Gasteiger partial charge in [0.2, 0.25) is 0 Å². The number of Topliss-reactive ketones (excluding diaryl/α,β-unsaturated/α-hetero) is 1. The van der Waals surface area contributed by atoms with Gasteiger partial charge in [-0.1, -0.05) is 59.2 Å². The third-order valence-electron chi connectivity index (χ3n) is 6.39. The second kappa shape index (κ2) is 10.2. The van der Waals surface area contributed by atoms with Crippen molar-refractivity contribution in [2.75, 3.05) is 13.1 Å². The fraction of sp³-hybridized carbons (Fsp3) is 0.333. The maximum atomic E-state index is 12.4. The molecule has 2 aliphatic heterocycles. The summed E-state index contributed by atoms with van der Waals surface area (Å²) in [6, 6.07) is 20.8. The lowest BCUT2D eigenvalue weighted by Crippen LogP contribution is -2.18. The van der Waals surface area contributed by atoms with Gasteiger partial charge < -0.3 is 4.84 Å². The van der Waals surface area contributed by atoms with Gasteiger partial charge in [-0.15, -0.1) is 11.3 Å². The third-order valence-corrected chi connectivity index (χ3v) is 7.66. The normalized spacial score (nSPS) is 18.3. The number of thiophene rings is 1. The van der Waals surface area contributed by atoms with E-state index in [0.29, 0.717) is 22.1 Å². The van der Waals surface area contributed by atoms with E-state index >= 15 is 0 Å². The highest BCUT2D eigenvalue weighted by Crippen LogP contribution is 2.29. The van der Waals surface area contributed by atoms with E-state index in [9.17, 15) is 4.79 Å². The largest absolute Gasteiger partial charge is 0.392 e. The molecule has 1 unspecified atom stereocenters. The molecule has 5 rings (SSSR count). The molecule has 1 fully saturated rings. The smallest absolute Gasteiger partial charge is 0.172 e. The topological polar surface area (TPSA) is 41.9 Å². The molecule has 0 bridgehead atoms. The molecule has 0 aliphatic carbocycles. The number of oxime groups is 1. The Kier molecular flexibility index (Phi) is 6.91. The number of rotatable bonds is 8. The van der Waals surface area contributed by atoms with E-state index < -0.39 is 0 Å². The van der Waals surface area contributed by atoms with Crippen LogP contribution in [0.4, 0.5) is 0 Å². The van der Waals surface area contributed by atoms with E-state index in [0.717, 1.165) is 24.2 Å². The van der Waals surface area contributed by atoms with Gasteiger partial charge in [-0.05, 0) is 67.2 Å². The van der Waals surface area contributed by atoms with E-state index in [1.54, 1.807) is 12.1 Å². The number of carbonyl (C=O) groups is 1. The van der Waals surface area contributed by atoms with Crippen LogP contribution in [0.5, 0.6) is 0 Å². The molecule has 170 valence electrons. The average molecular weight is 479 g/mol. The van der Waals surface area contributed by atoms with Crippen molar-refractivity contribution in [3.8, 4) is 11.1 Å². The SMILES string of the molecule is O=C(CCC1CC(c2cccc(-c3ccccc3CN3CCCC3)c2)=NO1)c1ccc(Cl)s1. The van der Waals surface area contributed by atoms with Crippen molar-refractivity contribution in [1.29, 1.82) is 0 Å². The zero-order valence-electron chi connectivity index (χ0n) is 18.5. The fourth-order valence-electron chi connectivity index (χ4n) is 4.62. The summed E-state index contributed by atoms with van der Waals surface area (Å²) >= 11 is 7.28. The number of nitrogens with zero attached hydrogens (tertiary/aromatic N) is 2. The standard InChI is InChI=1S/C27H27ClN2O2S/c28-27-13-12-26(33-27)25(31)11-10-22-17-24(29-32-22)20-8-5-7-19(16-20)23-9-2-1-6-21(23)18-30-14-3-4-15-30/h1-2,5-9,12-13,16,22H,3-4,10-11,14-15,17-18H2. The fourth-order valence-corrected chi connectivity index (χ4v) is 5.63. The van der Waals surface area contributed by atoms with Crippen LogP contribution in [0.2, 0.25) is 4.34 Å². The summed E-state index contributed by atoms with van der Waals surface area (Å²) in [5, 5.41) is 4.36. The van der Waals surface area contributed by atoms with Gasteiger partial charge in [0, 0.05) is 24.9 Å². The van der Waals surface area contributed by atoms with Crippen molar-refractivity contribution in [1.82, 2.24) is 4.90 Å². The van der Waals surface area contributed by atoms with E-state index in [2.05, 4.69) is 58.6 Å². The van der Waals surface area contributed by atoms with Gasteiger partial charge in [0.15, 0.2) is 5.78 Å². The summed E-state index contributed by atoms with van der Waals surface area (Å²) in [5.74, 6) is 0.112. The predicted molar refractivity (Wildman–Crippen MR) is 135 cm³/mol. The molecule has 0 spiro atoms. The Hall–Kier alpha value is -2.47. The van der Waals surface area contributed by atoms with Crippen molar-refractivity contribution in [2.24, 2.45) is 5.16 Å². The number of carbonyl (C=O) groups excluding carboxylic acids is 1. The van der Waals surface area contributed by atoms with Crippen LogP contribution < -0.4 is 0 Å². The Morgan fingerprint density at radius 2 is 1.88 bits per heavy atom. The molecule has 2 aromatic carbocycles. The molecule has 4 nitrogen and oxygen atoms in total. The number of benzene rings is 2. The quantitative estimate of drug-likeness (QED) is 0.333. The Morgan fingerprint density at radius 1 is 1.06 bits per heavy atom. The molecular weight excluding hydrogens is 452 g/mol. The molecule has 1 aromatic heterocycles. The average Bonchev–Trinajstić information content (AvgIpc) is 3.61. The molecule has 3 aromatic rings. The molecule has 0 radical (unpaired) electrons. The Balaban J connectivity index is 1.24. The minimum absolute atomic E-state index is 0.0644. The first-order chi connectivity index (χ1) is 16.2. The molecule has 33 heavy (non-hydrogen) atoms. The highest BCUT2D eigenvalue weighted by molar-refractivity contribution is 7.18. The molecule has 6 heteroatoms. The van der Waals surface area contributed by atoms with Gasteiger partial charge in [-0.3, -0.25) is 9.69 Å². The van der Waals surface area contributed by atoms with Crippen LogP contribution in [0.15, 0.2) is 65.8 Å². The van der Waals surface area contributed by atoms with Crippen molar-refractivity contribution in [3.63, 3.8) is 0 Å². The summed E-state index contributed by atoms with van der Waals surface area (Å²) in [4.78, 5) is 21.3. The predicted octanol–water partition coefficient (Wildman–Crippen LogP) is 6.82. The molecule has 0 amide bonds. The zero-order chi connectivity index (χ0) is 22.6. The van der Waals surface area contributed by atoms with Crippen molar-refractivity contribution < 1.29 is 9.63 Å². The number of halogens is 1. The first-order valence-corrected chi connectivity index (χ1v) is 12.8. The summed E-state index contributed by atoms with van der Waals surface area (Å²) in [7, 11) is 0. The van der Waals surface area contributed by atoms with Gasteiger partial charge in [-0.25, -0.2) is 0 Å². The van der Waals surface area contributed by atoms with Crippen LogP contribution in [-0.4, -0.2) is 35.6 Å². The first kappa shape index (κ1) is 22.3. The molecule has 1 saturated heterocycles. The minimum Gasteiger partial charge on any atom is -0.392 e. The lowest BCUT2D eigenvalue weighted by atomic mass is 9.95. The van der Waals surface area contributed by atoms with Crippen LogP contribution in [0.3, 0.4) is 0 Å². The molecule has 0 N–H and O–H groups in total. The molecule has 0 saturated carbocycles. The van der Waals surface area contributed by atoms with Crippen LogP contribution in [0.1, 0.15) is 52.9 Å². The summed E-state index contributed by atoms with van der Waals surface area (Å²) < 4.78 is 0.642. The third kappa shape index (κ3) is 5.37. The Morgan fingerprint density at radius 3 is 2.70 bits per heavy atom. The van der Waals surface area contributed by atoms with Gasteiger partial charge >= 0.3 is 0 Å². The molecule has 3 heterocycles. The number of hydrogen-bond donors (Lipinski definition) is 0. The molecule has 2 aliphatic rings. The Labute approximate surface area is 203 Å². The highest BCUT2D eigenvalue weighted by Gasteiger charge is 2.24. The molecule has 1 atom stereocenters. The first-order valence-electron chi connectivity index (χ1n) is 11.6. The lowest BCUT2D eigenvalue weighted by molar-refractivity contribution is 0.0720. The second-order valence-corrected chi connectivity index (χ2v) is 10.5. The number of hydrogen-bond acceptors (Lipinski definition) is 5. The van der Waals surface area contributed by atoms with Crippen LogP contribution >= 0.6 is 22.9 Å². The van der Waals surface area contributed by atoms with E-state index in [4.69, 9.17) is 16.4 Å². The van der Waals surface area contributed by atoms with Crippen molar-refractivity contribution >= 4 is 34.4 Å². The summed E-state index contributed by atoms with van der Waals surface area (Å²) in [6.07, 6.45) is 4.34. The second-order valence-electron chi connectivity index (χ2n) is 8.76. The van der Waals surface area contributed by atoms with E-state index in [1.807, 2.05) is 0 Å². The van der Waals surface area contributed by atoms with Crippen LogP contribution in [0.25, 0.3) is 11.1 Å². The number of ketones is 1.